The molecule has 0 amide bonds. The van der Waals surface area contributed by atoms with Gasteiger partial charge in [-0.1, -0.05) is 30.3 Å². The van der Waals surface area contributed by atoms with E-state index in [-0.39, 0.29) is 0 Å². The van der Waals surface area contributed by atoms with E-state index in [1.165, 1.54) is 5.56 Å². The number of aromatic nitrogens is 2. The summed E-state index contributed by atoms with van der Waals surface area (Å²) in [6, 6.07) is 12.2. The Hall–Kier alpha value is -2.21. The highest BCUT2D eigenvalue weighted by molar-refractivity contribution is 7.80. The maximum absolute atomic E-state index is 5.19. The van der Waals surface area contributed by atoms with Crippen LogP contribution in [0.15, 0.2) is 36.4 Å². The molecule has 0 fully saturated rings. The van der Waals surface area contributed by atoms with Gasteiger partial charge in [-0.25, -0.2) is 9.97 Å². The molecule has 0 aliphatic heterocycles. The molecule has 2 rings (SSSR count). The van der Waals surface area contributed by atoms with E-state index >= 15 is 0 Å². The summed E-state index contributed by atoms with van der Waals surface area (Å²) in [4.78, 5) is 8.52. The second-order valence-corrected chi connectivity index (χ2v) is 5.12. The van der Waals surface area contributed by atoms with Crippen LogP contribution in [0.4, 0.5) is 5.95 Å². The molecule has 3 N–H and O–H groups in total. The molecular weight excluding hydrogens is 282 g/mol. The first-order valence-electron chi connectivity index (χ1n) is 6.79. The van der Waals surface area contributed by atoms with Crippen molar-refractivity contribution < 1.29 is 0 Å². The first kappa shape index (κ1) is 15.2. The lowest BCUT2D eigenvalue weighted by Gasteiger charge is -2.12. The first-order valence-corrected chi connectivity index (χ1v) is 7.20. The van der Waals surface area contributed by atoms with Crippen molar-refractivity contribution >= 4 is 23.3 Å². The van der Waals surface area contributed by atoms with E-state index in [4.69, 9.17) is 12.2 Å². The van der Waals surface area contributed by atoms with Gasteiger partial charge in [0.25, 0.3) is 0 Å². The molecule has 1 aromatic heterocycles. The zero-order chi connectivity index (χ0) is 15.1. The number of aryl methyl sites for hydroxylation is 2. The SMILES string of the molecule is Cc1cc(C)nc(NNC(=S)NCCc2ccccc2)n1. The molecule has 0 aliphatic carbocycles. The van der Waals surface area contributed by atoms with Gasteiger partial charge in [0.05, 0.1) is 0 Å². The highest BCUT2D eigenvalue weighted by Gasteiger charge is 2.00. The summed E-state index contributed by atoms with van der Waals surface area (Å²) >= 11 is 5.19. The van der Waals surface area contributed by atoms with Gasteiger partial charge < -0.3 is 5.32 Å². The molecular formula is C15H19N5S. The number of nitrogens with one attached hydrogen (secondary N) is 3. The van der Waals surface area contributed by atoms with E-state index in [0.29, 0.717) is 11.1 Å². The molecule has 0 bridgehead atoms. The van der Waals surface area contributed by atoms with Gasteiger partial charge in [0.1, 0.15) is 0 Å². The van der Waals surface area contributed by atoms with E-state index < -0.39 is 0 Å². The van der Waals surface area contributed by atoms with Crippen molar-refractivity contribution in [2.24, 2.45) is 0 Å². The predicted octanol–water partition coefficient (Wildman–Crippen LogP) is 2.13. The summed E-state index contributed by atoms with van der Waals surface area (Å²) in [7, 11) is 0. The van der Waals surface area contributed by atoms with Crippen LogP contribution in [0.5, 0.6) is 0 Å². The zero-order valence-corrected chi connectivity index (χ0v) is 13.0. The van der Waals surface area contributed by atoms with E-state index in [1.807, 2.05) is 38.1 Å². The van der Waals surface area contributed by atoms with Gasteiger partial charge in [-0.2, -0.15) is 0 Å². The number of anilines is 1. The van der Waals surface area contributed by atoms with Crippen LogP contribution in [0.25, 0.3) is 0 Å². The smallest absolute Gasteiger partial charge is 0.242 e. The Morgan fingerprint density at radius 3 is 2.43 bits per heavy atom. The largest absolute Gasteiger partial charge is 0.361 e. The molecule has 1 heterocycles. The topological polar surface area (TPSA) is 61.9 Å². The molecule has 0 unspecified atom stereocenters. The molecule has 0 atom stereocenters. The fraction of sp³-hybridized carbons (Fsp3) is 0.267. The summed E-state index contributed by atoms with van der Waals surface area (Å²) in [6.07, 6.45) is 0.919. The van der Waals surface area contributed by atoms with E-state index in [9.17, 15) is 0 Å². The third-order valence-corrected chi connectivity index (χ3v) is 3.06. The Bertz CT molecular complexity index is 580. The second kappa shape index (κ2) is 7.54. The lowest BCUT2D eigenvalue weighted by Crippen LogP contribution is -2.40. The van der Waals surface area contributed by atoms with Crippen molar-refractivity contribution in [3.05, 3.63) is 53.3 Å². The molecule has 21 heavy (non-hydrogen) atoms. The molecule has 0 spiro atoms. The maximum atomic E-state index is 5.19. The molecule has 0 saturated heterocycles. The van der Waals surface area contributed by atoms with E-state index in [2.05, 4.69) is 38.3 Å². The van der Waals surface area contributed by atoms with Crippen molar-refractivity contribution in [2.75, 3.05) is 12.0 Å². The fourth-order valence-electron chi connectivity index (χ4n) is 1.90. The summed E-state index contributed by atoms with van der Waals surface area (Å²) in [5.74, 6) is 0.514. The quantitative estimate of drug-likeness (QED) is 0.581. The standard InChI is InChI=1S/C15H19N5S/c1-11-10-12(2)18-14(17-11)19-20-15(21)16-9-8-13-6-4-3-5-7-13/h3-7,10H,8-9H2,1-2H3,(H2,16,20,21)(H,17,18,19). The Morgan fingerprint density at radius 2 is 1.76 bits per heavy atom. The highest BCUT2D eigenvalue weighted by atomic mass is 32.1. The molecule has 6 heteroatoms. The fourth-order valence-corrected chi connectivity index (χ4v) is 2.06. The number of thiocarbonyl (C=S) groups is 1. The summed E-state index contributed by atoms with van der Waals surface area (Å²) in [5, 5.41) is 3.65. The van der Waals surface area contributed by atoms with Crippen LogP contribution in [0.1, 0.15) is 17.0 Å². The average Bonchev–Trinajstić information content (AvgIpc) is 2.45. The van der Waals surface area contributed by atoms with Gasteiger partial charge in [-0.3, -0.25) is 10.9 Å². The summed E-state index contributed by atoms with van der Waals surface area (Å²) in [6.45, 7) is 4.62. The third-order valence-electron chi connectivity index (χ3n) is 2.81. The van der Waals surface area contributed by atoms with E-state index in [0.717, 1.165) is 24.4 Å². The monoisotopic (exact) mass is 301 g/mol. The lowest BCUT2D eigenvalue weighted by molar-refractivity contribution is 0.844. The lowest BCUT2D eigenvalue weighted by atomic mass is 10.1. The van der Waals surface area contributed by atoms with Crippen LogP contribution >= 0.6 is 12.2 Å². The molecule has 110 valence electrons. The van der Waals surface area contributed by atoms with Crippen LogP contribution in [-0.4, -0.2) is 21.6 Å². The average molecular weight is 301 g/mol. The predicted molar refractivity (Wildman–Crippen MR) is 89.0 cm³/mol. The van der Waals surface area contributed by atoms with Crippen LogP contribution < -0.4 is 16.2 Å². The van der Waals surface area contributed by atoms with Crippen LogP contribution in [0, 0.1) is 13.8 Å². The van der Waals surface area contributed by atoms with E-state index in [1.54, 1.807) is 0 Å². The Kier molecular flexibility index (Phi) is 5.45. The van der Waals surface area contributed by atoms with Crippen LogP contribution in [0.2, 0.25) is 0 Å². The number of rotatable bonds is 5. The van der Waals surface area contributed by atoms with Crippen molar-refractivity contribution in [1.29, 1.82) is 0 Å². The normalized spacial score (nSPS) is 10.0. The summed E-state index contributed by atoms with van der Waals surface area (Å²) in [5.41, 5.74) is 8.88. The van der Waals surface area contributed by atoms with Crippen molar-refractivity contribution in [3.63, 3.8) is 0 Å². The molecule has 5 nitrogen and oxygen atoms in total. The maximum Gasteiger partial charge on any atom is 0.242 e. The van der Waals surface area contributed by atoms with Gasteiger partial charge in [-0.05, 0) is 44.1 Å². The number of nitrogens with zero attached hydrogens (tertiary/aromatic N) is 2. The molecule has 0 aliphatic rings. The first-order chi connectivity index (χ1) is 10.1. The van der Waals surface area contributed by atoms with Crippen molar-refractivity contribution in [2.45, 2.75) is 20.3 Å². The molecule has 0 saturated carbocycles. The van der Waals surface area contributed by atoms with Gasteiger partial charge in [0.2, 0.25) is 5.95 Å². The number of benzene rings is 1. The molecule has 1 aromatic carbocycles. The number of hydrogen-bond donors (Lipinski definition) is 3. The van der Waals surface area contributed by atoms with Crippen molar-refractivity contribution in [3.8, 4) is 0 Å². The molecule has 0 radical (unpaired) electrons. The minimum Gasteiger partial charge on any atom is -0.361 e. The van der Waals surface area contributed by atoms with Crippen LogP contribution in [0.3, 0.4) is 0 Å². The van der Waals surface area contributed by atoms with Crippen LogP contribution in [-0.2, 0) is 6.42 Å². The number of hydrogen-bond acceptors (Lipinski definition) is 4. The minimum atomic E-state index is 0.514. The van der Waals surface area contributed by atoms with Crippen molar-refractivity contribution in [1.82, 2.24) is 20.7 Å². The Labute approximate surface area is 130 Å². The minimum absolute atomic E-state index is 0.514. The molecule has 2 aromatic rings. The number of hydrazine groups is 1. The Balaban J connectivity index is 1.72. The Morgan fingerprint density at radius 1 is 1.10 bits per heavy atom. The summed E-state index contributed by atoms with van der Waals surface area (Å²) < 4.78 is 0. The zero-order valence-electron chi connectivity index (χ0n) is 12.2. The van der Waals surface area contributed by atoms with Gasteiger partial charge in [-0.15, -0.1) is 0 Å². The van der Waals surface area contributed by atoms with Gasteiger partial charge in [0, 0.05) is 17.9 Å². The van der Waals surface area contributed by atoms with Gasteiger partial charge >= 0.3 is 0 Å². The second-order valence-electron chi connectivity index (χ2n) is 4.72. The highest BCUT2D eigenvalue weighted by Crippen LogP contribution is 2.02. The third kappa shape index (κ3) is 5.35. The van der Waals surface area contributed by atoms with Gasteiger partial charge in [0.15, 0.2) is 5.11 Å².